The third-order valence-electron chi connectivity index (χ3n) is 4.81. The van der Waals surface area contributed by atoms with Gasteiger partial charge < -0.3 is 14.2 Å². The minimum Gasteiger partial charge on any atom is -0.469 e. The molecule has 2 aliphatic heterocycles. The van der Waals surface area contributed by atoms with E-state index in [-0.39, 0.29) is 44.4 Å². The molecule has 2 saturated heterocycles. The fourth-order valence-electron chi connectivity index (χ4n) is 3.07. The van der Waals surface area contributed by atoms with Gasteiger partial charge in [-0.05, 0) is 19.8 Å². The highest BCUT2D eigenvalue weighted by Crippen LogP contribution is 2.57. The summed E-state index contributed by atoms with van der Waals surface area (Å²) in [7, 11) is -2.81. The Morgan fingerprint density at radius 3 is 2.55 bits per heavy atom. The van der Waals surface area contributed by atoms with Crippen LogP contribution in [0.2, 0.25) is 0 Å². The molecule has 4 atom stereocenters. The normalized spacial score (nSPS) is 31.2. The number of hydrogen-bond acceptors (Lipinski definition) is 10. The molecule has 2 aliphatic rings. The molecule has 0 aromatic rings. The molecule has 10 nitrogen and oxygen atoms in total. The molecule has 2 unspecified atom stereocenters. The number of carbonyl (C=O) groups excluding carboxylic acids is 3. The fourth-order valence-corrected chi connectivity index (χ4v) is 4.60. The zero-order valence-electron chi connectivity index (χ0n) is 17.2. The number of esters is 2. The number of hydrogen-bond donors (Lipinski definition) is 0. The Balaban J connectivity index is 1.85. The highest BCUT2D eigenvalue weighted by molar-refractivity contribution is 7.48. The summed E-state index contributed by atoms with van der Waals surface area (Å²) in [6.45, 7) is 4.93. The van der Waals surface area contributed by atoms with E-state index >= 15 is 0 Å². The predicted octanol–water partition coefficient (Wildman–Crippen LogP) is 2.39. The van der Waals surface area contributed by atoms with Crippen LogP contribution < -0.4 is 0 Å². The number of carbonyl (C=O) groups is 3. The van der Waals surface area contributed by atoms with Gasteiger partial charge in [0.1, 0.15) is 6.10 Å². The SMILES string of the molecule is COC(=O)CCCC(=O)[C@@H]1OP(=O)(OCOC(=O)[C@@H]2COC(C)C2)OCC1(C)C. The van der Waals surface area contributed by atoms with Gasteiger partial charge in [0, 0.05) is 18.3 Å². The van der Waals surface area contributed by atoms with Crippen LogP contribution in [0.5, 0.6) is 0 Å². The van der Waals surface area contributed by atoms with Gasteiger partial charge in [-0.3, -0.25) is 23.4 Å². The molecule has 2 fully saturated rings. The third-order valence-corrected chi connectivity index (χ3v) is 6.14. The summed E-state index contributed by atoms with van der Waals surface area (Å²) in [4.78, 5) is 35.7. The van der Waals surface area contributed by atoms with Crippen molar-refractivity contribution in [3.63, 3.8) is 0 Å². The third kappa shape index (κ3) is 6.86. The molecular weight excluding hydrogens is 407 g/mol. The molecule has 29 heavy (non-hydrogen) atoms. The molecule has 0 aliphatic carbocycles. The number of ketones is 1. The van der Waals surface area contributed by atoms with Gasteiger partial charge in [-0.15, -0.1) is 0 Å². The van der Waals surface area contributed by atoms with E-state index in [0.717, 1.165) is 0 Å². The van der Waals surface area contributed by atoms with Crippen molar-refractivity contribution in [2.45, 2.75) is 58.7 Å². The molecule has 166 valence electrons. The number of methoxy groups -OCH3 is 1. The summed E-state index contributed by atoms with van der Waals surface area (Å²) >= 11 is 0. The van der Waals surface area contributed by atoms with E-state index in [9.17, 15) is 18.9 Å². The van der Waals surface area contributed by atoms with Crippen LogP contribution in [0.4, 0.5) is 0 Å². The topological polar surface area (TPSA) is 124 Å². The van der Waals surface area contributed by atoms with Crippen LogP contribution in [0.15, 0.2) is 0 Å². The highest BCUT2D eigenvalue weighted by Gasteiger charge is 2.48. The molecule has 0 bridgehead atoms. The van der Waals surface area contributed by atoms with E-state index in [4.69, 9.17) is 23.0 Å². The molecule has 2 heterocycles. The van der Waals surface area contributed by atoms with Crippen molar-refractivity contribution in [3.05, 3.63) is 0 Å². The van der Waals surface area contributed by atoms with E-state index in [2.05, 4.69) is 4.74 Å². The minimum absolute atomic E-state index is 0.0231. The van der Waals surface area contributed by atoms with Crippen molar-refractivity contribution >= 4 is 25.5 Å². The van der Waals surface area contributed by atoms with Crippen LogP contribution in [0.25, 0.3) is 0 Å². The first-order valence-corrected chi connectivity index (χ1v) is 11.0. The monoisotopic (exact) mass is 436 g/mol. The van der Waals surface area contributed by atoms with Gasteiger partial charge in [0.15, 0.2) is 5.78 Å². The Morgan fingerprint density at radius 1 is 1.21 bits per heavy atom. The number of ether oxygens (including phenoxy) is 3. The fraction of sp³-hybridized carbons (Fsp3) is 0.833. The first-order chi connectivity index (χ1) is 13.6. The standard InChI is InChI=1S/C18H29O10P/c1-12-8-13(9-24-12)17(21)25-11-27-29(22)26-10-18(2,3)16(28-29)14(19)6-5-7-15(20)23-4/h12-13,16H,5-11H2,1-4H3/t12?,13-,16-,29?/m0/s1. The average molecular weight is 436 g/mol. The van der Waals surface area contributed by atoms with Crippen LogP contribution >= 0.6 is 7.82 Å². The van der Waals surface area contributed by atoms with E-state index in [1.165, 1.54) is 7.11 Å². The molecule has 0 aromatic heterocycles. The number of phosphoric ester groups is 1. The van der Waals surface area contributed by atoms with Crippen LogP contribution in [-0.4, -0.2) is 57.0 Å². The van der Waals surface area contributed by atoms with Gasteiger partial charge in [-0.1, -0.05) is 13.8 Å². The maximum absolute atomic E-state index is 12.7. The Hall–Kier alpha value is -1.32. The quantitative estimate of drug-likeness (QED) is 0.302. The van der Waals surface area contributed by atoms with Crippen molar-refractivity contribution in [2.24, 2.45) is 11.3 Å². The van der Waals surface area contributed by atoms with Crippen LogP contribution in [0, 0.1) is 11.3 Å². The Bertz CT molecular complexity index is 661. The largest absolute Gasteiger partial charge is 0.478 e. The maximum atomic E-state index is 12.7. The Kier molecular flexibility index (Phi) is 8.37. The predicted molar refractivity (Wildman–Crippen MR) is 98.7 cm³/mol. The number of rotatable bonds is 9. The van der Waals surface area contributed by atoms with Crippen molar-refractivity contribution in [1.82, 2.24) is 0 Å². The summed E-state index contributed by atoms with van der Waals surface area (Å²) < 4.78 is 43.2. The zero-order chi connectivity index (χ0) is 21.7. The van der Waals surface area contributed by atoms with E-state index in [1.807, 2.05) is 6.92 Å². The van der Waals surface area contributed by atoms with Crippen molar-refractivity contribution in [3.8, 4) is 0 Å². The highest BCUT2D eigenvalue weighted by atomic mass is 31.2. The minimum atomic E-state index is -4.08. The second-order valence-electron chi connectivity index (χ2n) is 7.88. The summed E-state index contributed by atoms with van der Waals surface area (Å²) in [5.41, 5.74) is -0.742. The molecule has 0 amide bonds. The maximum Gasteiger partial charge on any atom is 0.478 e. The van der Waals surface area contributed by atoms with Gasteiger partial charge in [-0.25, -0.2) is 9.09 Å². The lowest BCUT2D eigenvalue weighted by atomic mass is 9.84. The lowest BCUT2D eigenvalue weighted by Gasteiger charge is -2.39. The van der Waals surface area contributed by atoms with Gasteiger partial charge >= 0.3 is 19.8 Å². The van der Waals surface area contributed by atoms with Crippen molar-refractivity contribution in [2.75, 3.05) is 27.1 Å². The summed E-state index contributed by atoms with van der Waals surface area (Å²) in [6.07, 6.45) is -0.0887. The smallest absolute Gasteiger partial charge is 0.469 e. The van der Waals surface area contributed by atoms with Gasteiger partial charge in [0.25, 0.3) is 0 Å². The molecule has 0 radical (unpaired) electrons. The summed E-state index contributed by atoms with van der Waals surface area (Å²) in [5, 5.41) is 0. The Morgan fingerprint density at radius 2 is 1.93 bits per heavy atom. The van der Waals surface area contributed by atoms with Crippen molar-refractivity contribution in [1.29, 1.82) is 0 Å². The number of phosphoric acid groups is 1. The second kappa shape index (κ2) is 10.1. The van der Waals surface area contributed by atoms with Crippen LogP contribution in [0.1, 0.15) is 46.5 Å². The van der Waals surface area contributed by atoms with E-state index < -0.39 is 44.0 Å². The van der Waals surface area contributed by atoms with Gasteiger partial charge in [-0.2, -0.15) is 0 Å². The summed E-state index contributed by atoms with van der Waals surface area (Å²) in [6, 6.07) is 0. The molecule has 11 heteroatoms. The molecule has 2 rings (SSSR count). The molecule has 0 N–H and O–H groups in total. The summed E-state index contributed by atoms with van der Waals surface area (Å²) in [5.74, 6) is -1.65. The van der Waals surface area contributed by atoms with E-state index in [0.29, 0.717) is 6.42 Å². The lowest BCUT2D eigenvalue weighted by molar-refractivity contribution is -0.159. The van der Waals surface area contributed by atoms with Gasteiger partial charge in [0.05, 0.1) is 32.3 Å². The first kappa shape index (κ1) is 24.0. The van der Waals surface area contributed by atoms with Gasteiger partial charge in [0.2, 0.25) is 6.79 Å². The van der Waals surface area contributed by atoms with Crippen LogP contribution in [0.3, 0.4) is 0 Å². The number of Topliss-reactive ketones (excluding diaryl/α,β-unsaturated/α-hetero) is 1. The first-order valence-electron chi connectivity index (χ1n) is 9.51. The average Bonchev–Trinajstić information content (AvgIpc) is 3.10. The molecular formula is C18H29O10P. The Labute approximate surface area is 170 Å². The molecule has 0 saturated carbocycles. The van der Waals surface area contributed by atoms with Crippen molar-refractivity contribution < 1.29 is 46.7 Å². The lowest BCUT2D eigenvalue weighted by Crippen LogP contribution is -2.44. The molecule has 0 aromatic carbocycles. The van der Waals surface area contributed by atoms with E-state index in [1.54, 1.807) is 13.8 Å². The molecule has 0 spiro atoms. The zero-order valence-corrected chi connectivity index (χ0v) is 18.1. The van der Waals surface area contributed by atoms with Crippen LogP contribution in [-0.2, 0) is 46.7 Å². The second-order valence-corrected chi connectivity index (χ2v) is 9.50.